The van der Waals surface area contributed by atoms with Gasteiger partial charge in [-0.05, 0) is 36.8 Å². The van der Waals surface area contributed by atoms with Gasteiger partial charge in [-0.15, -0.1) is 0 Å². The van der Waals surface area contributed by atoms with Crippen LogP contribution in [0.5, 0.6) is 11.6 Å². The third kappa shape index (κ3) is 5.34. The largest absolute Gasteiger partial charge is 0.439 e. The van der Waals surface area contributed by atoms with E-state index in [1.165, 1.54) is 0 Å². The zero-order valence-electron chi connectivity index (χ0n) is 16.6. The van der Waals surface area contributed by atoms with Crippen LogP contribution in [0, 0.1) is 0 Å². The van der Waals surface area contributed by atoms with Crippen LogP contribution in [-0.4, -0.2) is 41.8 Å². The van der Waals surface area contributed by atoms with E-state index in [1.807, 2.05) is 0 Å². The third-order valence-electron chi connectivity index (χ3n) is 4.94. The summed E-state index contributed by atoms with van der Waals surface area (Å²) in [5.41, 5.74) is 0.263. The zero-order chi connectivity index (χ0) is 22.9. The van der Waals surface area contributed by atoms with Crippen LogP contribution in [0.4, 0.5) is 13.2 Å². The summed E-state index contributed by atoms with van der Waals surface area (Å²) in [6, 6.07) is 10.0. The highest BCUT2D eigenvalue weighted by Gasteiger charge is 2.31. The number of halogens is 3. The van der Waals surface area contributed by atoms with Gasteiger partial charge in [-0.3, -0.25) is 9.78 Å². The fourth-order valence-electron chi connectivity index (χ4n) is 3.39. The lowest BCUT2D eigenvalue weighted by molar-refractivity contribution is -0.137. The molecule has 7 nitrogen and oxygen atoms in total. The summed E-state index contributed by atoms with van der Waals surface area (Å²) in [6.07, 6.45) is -3.34. The molecule has 1 aromatic carbocycles. The van der Waals surface area contributed by atoms with Crippen LogP contribution in [-0.2, 0) is 27.2 Å². The summed E-state index contributed by atoms with van der Waals surface area (Å²) >= 11 is 0. The van der Waals surface area contributed by atoms with Crippen molar-refractivity contribution in [2.24, 2.45) is 0 Å². The molecular weight excluding hydrogens is 447 g/mol. The second-order valence-electron chi connectivity index (χ2n) is 7.49. The number of alkyl halides is 3. The van der Waals surface area contributed by atoms with E-state index in [0.717, 1.165) is 12.1 Å². The van der Waals surface area contributed by atoms with Gasteiger partial charge in [0.2, 0.25) is 11.8 Å². The maximum atomic E-state index is 12.6. The topological polar surface area (TPSA) is 98.2 Å². The average Bonchev–Trinajstić information content (AvgIpc) is 3.06. The predicted octanol–water partition coefficient (Wildman–Crippen LogP) is 3.29. The first-order valence-corrected chi connectivity index (χ1v) is 11.5. The van der Waals surface area contributed by atoms with E-state index >= 15 is 0 Å². The fraction of sp³-hybridized carbons (Fsp3) is 0.286. The zero-order valence-corrected chi connectivity index (χ0v) is 17.4. The highest BCUT2D eigenvalue weighted by molar-refractivity contribution is 7.91. The molecule has 1 atom stereocenters. The standard InChI is InChI=1S/C21H18F3N3O4S/c22-21(23,24)14-2-6-20(25-11-14)31-17-4-5-18-13(9-17)1-3-15(26-18)10-19(28)27-16-7-8-32(29,30)12-16/h1-6,9,11,16H,7-8,10,12H2,(H,27,28). The minimum Gasteiger partial charge on any atom is -0.439 e. The Balaban J connectivity index is 1.41. The highest BCUT2D eigenvalue weighted by atomic mass is 32.2. The van der Waals surface area contributed by atoms with Gasteiger partial charge in [0.15, 0.2) is 9.84 Å². The molecule has 1 fully saturated rings. The van der Waals surface area contributed by atoms with Crippen LogP contribution < -0.4 is 10.1 Å². The quantitative estimate of drug-likeness (QED) is 0.621. The predicted molar refractivity (Wildman–Crippen MR) is 110 cm³/mol. The molecule has 0 spiro atoms. The first-order chi connectivity index (χ1) is 15.1. The molecule has 1 aliphatic heterocycles. The molecule has 168 valence electrons. The van der Waals surface area contributed by atoms with Crippen LogP contribution >= 0.6 is 0 Å². The van der Waals surface area contributed by atoms with Gasteiger partial charge in [0.1, 0.15) is 5.75 Å². The fourth-order valence-corrected chi connectivity index (χ4v) is 5.06. The number of carbonyl (C=O) groups excluding carboxylic acids is 1. The molecule has 2 aromatic heterocycles. The number of hydrogen-bond acceptors (Lipinski definition) is 6. The number of benzene rings is 1. The van der Waals surface area contributed by atoms with Crippen molar-refractivity contribution < 1.29 is 31.1 Å². The molecule has 1 unspecified atom stereocenters. The van der Waals surface area contributed by atoms with E-state index in [1.54, 1.807) is 30.3 Å². The van der Waals surface area contributed by atoms with Gasteiger partial charge in [-0.1, -0.05) is 6.07 Å². The molecular formula is C21H18F3N3O4S. The van der Waals surface area contributed by atoms with Gasteiger partial charge in [-0.2, -0.15) is 13.2 Å². The minimum absolute atomic E-state index is 0.0141. The molecule has 0 bridgehead atoms. The number of pyridine rings is 2. The monoisotopic (exact) mass is 465 g/mol. The third-order valence-corrected chi connectivity index (χ3v) is 6.71. The lowest BCUT2D eigenvalue weighted by Gasteiger charge is -2.11. The van der Waals surface area contributed by atoms with Crippen LogP contribution in [0.2, 0.25) is 0 Å². The second-order valence-corrected chi connectivity index (χ2v) is 9.72. The number of fused-ring (bicyclic) bond motifs is 1. The van der Waals surface area contributed by atoms with E-state index < -0.39 is 21.6 Å². The molecule has 1 saturated heterocycles. The van der Waals surface area contributed by atoms with Crippen LogP contribution in [0.3, 0.4) is 0 Å². The number of carbonyl (C=O) groups is 1. The number of nitrogens with one attached hydrogen (secondary N) is 1. The summed E-state index contributed by atoms with van der Waals surface area (Å²) in [5.74, 6) is 0.137. The smallest absolute Gasteiger partial charge is 0.417 e. The number of amides is 1. The number of sulfone groups is 1. The van der Waals surface area contributed by atoms with Crippen LogP contribution in [0.25, 0.3) is 10.9 Å². The summed E-state index contributed by atoms with van der Waals surface area (Å²) in [5, 5.41) is 3.43. The molecule has 0 aliphatic carbocycles. The molecule has 0 radical (unpaired) electrons. The summed E-state index contributed by atoms with van der Waals surface area (Å²) in [7, 11) is -3.07. The van der Waals surface area contributed by atoms with Gasteiger partial charge < -0.3 is 10.1 Å². The van der Waals surface area contributed by atoms with Crippen molar-refractivity contribution in [2.45, 2.75) is 25.1 Å². The van der Waals surface area contributed by atoms with E-state index in [-0.39, 0.29) is 35.8 Å². The van der Waals surface area contributed by atoms with Crippen LogP contribution in [0.15, 0.2) is 48.7 Å². The molecule has 32 heavy (non-hydrogen) atoms. The Morgan fingerprint density at radius 1 is 1.16 bits per heavy atom. The van der Waals surface area contributed by atoms with Gasteiger partial charge >= 0.3 is 6.18 Å². The first-order valence-electron chi connectivity index (χ1n) is 9.68. The highest BCUT2D eigenvalue weighted by Crippen LogP contribution is 2.30. The Labute approximate surface area is 181 Å². The maximum Gasteiger partial charge on any atom is 0.417 e. The van der Waals surface area contributed by atoms with Gasteiger partial charge in [-0.25, -0.2) is 13.4 Å². The van der Waals surface area contributed by atoms with Gasteiger partial charge in [0, 0.05) is 23.7 Å². The number of rotatable bonds is 5. The number of ether oxygens (including phenoxy) is 1. The Kier molecular flexibility index (Phi) is 5.76. The summed E-state index contributed by atoms with van der Waals surface area (Å²) in [4.78, 5) is 20.3. The van der Waals surface area contributed by atoms with E-state index in [2.05, 4.69) is 15.3 Å². The number of hydrogen-bond donors (Lipinski definition) is 1. The molecule has 1 N–H and O–H groups in total. The van der Waals surface area contributed by atoms with Gasteiger partial charge in [0.05, 0.1) is 34.7 Å². The Morgan fingerprint density at radius 3 is 2.62 bits per heavy atom. The molecule has 11 heteroatoms. The normalized spacial score (nSPS) is 17.9. The Bertz CT molecular complexity index is 1260. The molecule has 3 aromatic rings. The molecule has 0 saturated carbocycles. The van der Waals surface area contributed by atoms with Crippen molar-refractivity contribution in [3.8, 4) is 11.6 Å². The van der Waals surface area contributed by atoms with Crippen molar-refractivity contribution in [3.63, 3.8) is 0 Å². The van der Waals surface area contributed by atoms with Crippen molar-refractivity contribution in [2.75, 3.05) is 11.5 Å². The first kappa shape index (κ1) is 22.0. The Hall–Kier alpha value is -3.21. The second kappa shape index (κ2) is 8.38. The molecule has 4 rings (SSSR count). The Morgan fingerprint density at radius 2 is 1.97 bits per heavy atom. The van der Waals surface area contributed by atoms with Crippen molar-refractivity contribution >= 4 is 26.6 Å². The lowest BCUT2D eigenvalue weighted by Crippen LogP contribution is -2.36. The molecule has 3 heterocycles. The van der Waals surface area contributed by atoms with E-state index in [4.69, 9.17) is 4.74 Å². The van der Waals surface area contributed by atoms with Crippen molar-refractivity contribution in [1.82, 2.24) is 15.3 Å². The maximum absolute atomic E-state index is 12.6. The number of nitrogens with zero attached hydrogens (tertiary/aromatic N) is 2. The lowest BCUT2D eigenvalue weighted by atomic mass is 10.1. The average molecular weight is 465 g/mol. The van der Waals surface area contributed by atoms with Crippen LogP contribution in [0.1, 0.15) is 17.7 Å². The van der Waals surface area contributed by atoms with Gasteiger partial charge in [0.25, 0.3) is 0 Å². The minimum atomic E-state index is -4.47. The summed E-state index contributed by atoms with van der Waals surface area (Å²) < 4.78 is 66.4. The molecule has 1 aliphatic rings. The van der Waals surface area contributed by atoms with E-state index in [0.29, 0.717) is 35.0 Å². The van der Waals surface area contributed by atoms with E-state index in [9.17, 15) is 26.4 Å². The summed E-state index contributed by atoms with van der Waals surface area (Å²) in [6.45, 7) is 0. The molecule has 1 amide bonds. The SMILES string of the molecule is O=C(Cc1ccc2cc(Oc3ccc(C(F)(F)F)cn3)ccc2n1)NC1CCS(=O)(=O)C1. The van der Waals surface area contributed by atoms with Crippen molar-refractivity contribution in [1.29, 1.82) is 0 Å². The van der Waals surface area contributed by atoms with Crippen molar-refractivity contribution in [3.05, 3.63) is 59.9 Å². The number of aromatic nitrogens is 2.